The molecule has 2 aliphatic rings. The number of hydrogen-bond acceptors (Lipinski definition) is 9. The van der Waals surface area contributed by atoms with Crippen LogP contribution < -0.4 is 0 Å². The normalized spacial score (nSPS) is 15.7. The monoisotopic (exact) mass is 834 g/mol. The molecule has 2 aliphatic heterocycles. The summed E-state index contributed by atoms with van der Waals surface area (Å²) in [4.78, 5) is 41.7. The number of piperidine rings is 2. The van der Waals surface area contributed by atoms with Gasteiger partial charge in [-0.3, -0.25) is 24.2 Å². The second-order valence-electron chi connectivity index (χ2n) is 15.7. The third kappa shape index (κ3) is 8.82. The van der Waals surface area contributed by atoms with Gasteiger partial charge in [-0.15, -0.1) is 5.10 Å². The average Bonchev–Trinajstić information content (AvgIpc) is 3.79. The molecule has 0 aliphatic carbocycles. The van der Waals surface area contributed by atoms with Crippen LogP contribution in [0.1, 0.15) is 58.5 Å². The second-order valence-corrected chi connectivity index (χ2v) is 15.7. The number of aromatic nitrogens is 4. The third-order valence-electron chi connectivity index (χ3n) is 12.1. The standard InChI is InChI=1S/C29H27N5O3.C24H23NO/c1-37-28(36)21-34-27(30-31-32-34)19-22-20-33(18-17-26(22)35)29(23-11-5-2-6-12-23,24-13-7-3-8-14-24)25-15-9-4-10-16-25;26-23-16-18-25(19-17-23)24(20-10-4-1-5-11-20,21-12-6-2-7-13-21)22-14-8-3-9-15-22/h2-16,19H,17-18,20-21H2,1H3;1-15H,16-19H2/b22-19+;. The van der Waals surface area contributed by atoms with Crippen molar-refractivity contribution in [3.8, 4) is 0 Å². The Labute approximate surface area is 368 Å². The van der Waals surface area contributed by atoms with Crippen LogP contribution in [-0.4, -0.2) is 80.8 Å². The van der Waals surface area contributed by atoms with Crippen molar-refractivity contribution in [3.05, 3.63) is 227 Å². The van der Waals surface area contributed by atoms with Crippen LogP contribution >= 0.6 is 0 Å². The Morgan fingerprint density at radius 2 is 0.921 bits per heavy atom. The molecule has 0 spiro atoms. The van der Waals surface area contributed by atoms with Crippen molar-refractivity contribution in [1.82, 2.24) is 30.0 Å². The predicted octanol–water partition coefficient (Wildman–Crippen LogP) is 8.14. The molecular weight excluding hydrogens is 785 g/mol. The number of carbonyl (C=O) groups is 3. The van der Waals surface area contributed by atoms with Crippen LogP contribution in [0.3, 0.4) is 0 Å². The second kappa shape index (κ2) is 19.7. The zero-order chi connectivity index (χ0) is 43.5. The van der Waals surface area contributed by atoms with E-state index in [0.29, 0.717) is 49.5 Å². The number of methoxy groups -OCH3 is 1. The van der Waals surface area contributed by atoms with E-state index in [-0.39, 0.29) is 17.9 Å². The maximum absolute atomic E-state index is 13.1. The molecule has 2 fully saturated rings. The lowest BCUT2D eigenvalue weighted by Crippen LogP contribution is -2.52. The minimum Gasteiger partial charge on any atom is -0.468 e. The van der Waals surface area contributed by atoms with Gasteiger partial charge in [-0.2, -0.15) is 0 Å². The number of nitrogens with zero attached hydrogens (tertiary/aromatic N) is 6. The minimum atomic E-state index is -0.637. The van der Waals surface area contributed by atoms with Crippen LogP contribution in [0.5, 0.6) is 0 Å². The van der Waals surface area contributed by atoms with Crippen LogP contribution in [0.2, 0.25) is 0 Å². The Kier molecular flexibility index (Phi) is 13.3. The first kappa shape index (κ1) is 42.5. The van der Waals surface area contributed by atoms with E-state index in [0.717, 1.165) is 29.8 Å². The van der Waals surface area contributed by atoms with E-state index in [1.54, 1.807) is 6.08 Å². The summed E-state index contributed by atoms with van der Waals surface area (Å²) in [7, 11) is 1.31. The SMILES string of the molecule is COC(=O)Cn1nnnc1/C=C1\CN(C(c2ccccc2)(c2ccccc2)c2ccccc2)CCC1=O.O=C1CCN(C(c2ccccc2)(c2ccccc2)c2ccccc2)CC1. The maximum atomic E-state index is 13.1. The van der Waals surface area contributed by atoms with Gasteiger partial charge in [-0.05, 0) is 49.9 Å². The molecule has 9 rings (SSSR count). The molecule has 6 aromatic carbocycles. The first-order valence-electron chi connectivity index (χ1n) is 21.4. The predicted molar refractivity (Wildman–Crippen MR) is 243 cm³/mol. The van der Waals surface area contributed by atoms with Gasteiger partial charge in [0.05, 0.1) is 18.2 Å². The first-order valence-corrected chi connectivity index (χ1v) is 21.4. The van der Waals surface area contributed by atoms with Gasteiger partial charge < -0.3 is 4.74 Å². The molecule has 10 nitrogen and oxygen atoms in total. The first-order chi connectivity index (χ1) is 30.9. The highest BCUT2D eigenvalue weighted by molar-refractivity contribution is 6.00. The Morgan fingerprint density at radius 3 is 1.30 bits per heavy atom. The highest BCUT2D eigenvalue weighted by atomic mass is 16.5. The minimum absolute atomic E-state index is 0.0342. The maximum Gasteiger partial charge on any atom is 0.327 e. The van der Waals surface area contributed by atoms with E-state index in [9.17, 15) is 14.4 Å². The van der Waals surface area contributed by atoms with E-state index in [2.05, 4.69) is 153 Å². The fourth-order valence-corrected chi connectivity index (χ4v) is 9.22. The molecule has 63 heavy (non-hydrogen) atoms. The lowest BCUT2D eigenvalue weighted by molar-refractivity contribution is -0.141. The molecule has 0 amide bonds. The van der Waals surface area contributed by atoms with Crippen molar-refractivity contribution in [1.29, 1.82) is 0 Å². The molecule has 7 aromatic rings. The summed E-state index contributed by atoms with van der Waals surface area (Å²) in [6.07, 6.45) is 3.27. The molecule has 10 heteroatoms. The van der Waals surface area contributed by atoms with Gasteiger partial charge >= 0.3 is 5.97 Å². The van der Waals surface area contributed by atoms with E-state index < -0.39 is 11.5 Å². The van der Waals surface area contributed by atoms with Crippen molar-refractivity contribution < 1.29 is 19.1 Å². The van der Waals surface area contributed by atoms with Crippen LogP contribution in [-0.2, 0) is 36.7 Å². The fraction of sp³-hybridized carbons (Fsp3) is 0.208. The number of tetrazole rings is 1. The fourth-order valence-electron chi connectivity index (χ4n) is 9.22. The number of rotatable bonds is 11. The zero-order valence-corrected chi connectivity index (χ0v) is 35.4. The summed E-state index contributed by atoms with van der Waals surface area (Å²) in [5.74, 6) is 0.261. The number of likely N-dealkylation sites (tertiary alicyclic amines) is 2. The van der Waals surface area contributed by atoms with Gasteiger partial charge in [-0.25, -0.2) is 4.68 Å². The van der Waals surface area contributed by atoms with Crippen molar-refractivity contribution in [2.75, 3.05) is 33.3 Å². The van der Waals surface area contributed by atoms with E-state index in [4.69, 9.17) is 4.74 Å². The van der Waals surface area contributed by atoms with Crippen LogP contribution in [0.15, 0.2) is 188 Å². The molecule has 0 bridgehead atoms. The highest BCUT2D eigenvalue weighted by Gasteiger charge is 2.45. The number of carbonyl (C=O) groups excluding carboxylic acids is 3. The Balaban J connectivity index is 0.000000184. The number of benzene rings is 6. The summed E-state index contributed by atoms with van der Waals surface area (Å²) < 4.78 is 6.08. The Bertz CT molecular complexity index is 2420. The largest absolute Gasteiger partial charge is 0.468 e. The Morgan fingerprint density at radius 1 is 0.556 bits per heavy atom. The van der Waals surface area contributed by atoms with E-state index in [1.165, 1.54) is 28.5 Å². The van der Waals surface area contributed by atoms with Gasteiger partial charge in [0.25, 0.3) is 0 Å². The van der Waals surface area contributed by atoms with Crippen molar-refractivity contribution >= 4 is 23.6 Å². The number of esters is 1. The van der Waals surface area contributed by atoms with Crippen LogP contribution in [0.4, 0.5) is 0 Å². The van der Waals surface area contributed by atoms with Gasteiger partial charge in [0.2, 0.25) is 0 Å². The van der Waals surface area contributed by atoms with Gasteiger partial charge in [-0.1, -0.05) is 182 Å². The molecule has 0 unspecified atom stereocenters. The van der Waals surface area contributed by atoms with Gasteiger partial charge in [0.1, 0.15) is 12.3 Å². The third-order valence-corrected chi connectivity index (χ3v) is 12.1. The van der Waals surface area contributed by atoms with Gasteiger partial charge in [0, 0.05) is 51.0 Å². The number of Topliss-reactive ketones (excluding diaryl/α,β-unsaturated/α-hetero) is 2. The summed E-state index contributed by atoms with van der Waals surface area (Å²) in [5, 5.41) is 11.6. The quantitative estimate of drug-likeness (QED) is 0.0725. The molecule has 1 aromatic heterocycles. The molecule has 0 N–H and O–H groups in total. The summed E-state index contributed by atoms with van der Waals surface area (Å²) >= 11 is 0. The van der Waals surface area contributed by atoms with Crippen molar-refractivity contribution in [3.63, 3.8) is 0 Å². The van der Waals surface area contributed by atoms with Crippen LogP contribution in [0.25, 0.3) is 6.08 Å². The molecular formula is C53H50N6O4. The lowest BCUT2D eigenvalue weighted by Gasteiger charge is -2.47. The van der Waals surface area contributed by atoms with Crippen molar-refractivity contribution in [2.24, 2.45) is 0 Å². The lowest BCUT2D eigenvalue weighted by atomic mass is 9.74. The molecule has 0 radical (unpaired) electrons. The summed E-state index contributed by atoms with van der Waals surface area (Å²) in [5.41, 5.74) is 6.61. The molecule has 0 saturated carbocycles. The summed E-state index contributed by atoms with van der Waals surface area (Å²) in [6.45, 7) is 2.36. The molecule has 316 valence electrons. The van der Waals surface area contributed by atoms with E-state index in [1.807, 2.05) is 54.6 Å². The number of ether oxygens (including phenoxy) is 1. The number of ketones is 2. The average molecular weight is 835 g/mol. The molecule has 3 heterocycles. The highest BCUT2D eigenvalue weighted by Crippen LogP contribution is 2.45. The summed E-state index contributed by atoms with van der Waals surface area (Å²) in [6, 6.07) is 63.1. The molecule has 0 atom stereocenters. The molecule has 2 saturated heterocycles. The van der Waals surface area contributed by atoms with Crippen molar-refractivity contribution in [2.45, 2.75) is 36.9 Å². The topological polar surface area (TPSA) is 111 Å². The smallest absolute Gasteiger partial charge is 0.327 e. The van der Waals surface area contributed by atoms with Crippen LogP contribution in [0, 0.1) is 0 Å². The number of hydrogen-bond donors (Lipinski definition) is 0. The van der Waals surface area contributed by atoms with Gasteiger partial charge in [0.15, 0.2) is 11.6 Å². The Hall–Kier alpha value is -7.14. The van der Waals surface area contributed by atoms with E-state index >= 15 is 0 Å². The zero-order valence-electron chi connectivity index (χ0n) is 35.4.